The molecule has 2 N–H and O–H groups in total. The molecule has 2 rings (SSSR count). The molecule has 0 spiro atoms. The number of furan rings is 1. The first-order chi connectivity index (χ1) is 11.4. The molecule has 0 aliphatic carbocycles. The number of rotatable bonds is 7. The Balaban J connectivity index is 2.16. The Bertz CT molecular complexity index is 699. The molecule has 0 atom stereocenters. The first-order valence-electron chi connectivity index (χ1n) is 7.98. The van der Waals surface area contributed by atoms with Gasteiger partial charge in [-0.05, 0) is 45.9 Å². The first kappa shape index (κ1) is 18.3. The Morgan fingerprint density at radius 3 is 2.71 bits per heavy atom. The van der Waals surface area contributed by atoms with Gasteiger partial charge in [-0.3, -0.25) is 0 Å². The van der Waals surface area contributed by atoms with Crippen LogP contribution in [0.2, 0.25) is 0 Å². The minimum Gasteiger partial charge on any atom is -0.493 e. The van der Waals surface area contributed by atoms with E-state index in [1.165, 1.54) is 7.11 Å². The SMILES string of the molecule is COC(=O)c1oc2cccc(OCCCNC(C)(C)C)c2c1CO. The molecule has 0 saturated carbocycles. The van der Waals surface area contributed by atoms with Gasteiger partial charge < -0.3 is 24.3 Å². The van der Waals surface area contributed by atoms with Crippen LogP contribution in [-0.4, -0.2) is 36.9 Å². The second-order valence-electron chi connectivity index (χ2n) is 6.57. The van der Waals surface area contributed by atoms with E-state index in [0.717, 1.165) is 13.0 Å². The molecule has 1 heterocycles. The van der Waals surface area contributed by atoms with E-state index in [4.69, 9.17) is 13.9 Å². The first-order valence-corrected chi connectivity index (χ1v) is 7.98. The van der Waals surface area contributed by atoms with Crippen LogP contribution in [0, 0.1) is 0 Å². The Hall–Kier alpha value is -2.05. The maximum Gasteiger partial charge on any atom is 0.374 e. The largest absolute Gasteiger partial charge is 0.493 e. The molecule has 0 saturated heterocycles. The van der Waals surface area contributed by atoms with E-state index in [0.29, 0.717) is 28.9 Å². The van der Waals surface area contributed by atoms with Gasteiger partial charge >= 0.3 is 5.97 Å². The highest BCUT2D eigenvalue weighted by molar-refractivity contribution is 5.98. The molecule has 0 radical (unpaired) electrons. The highest BCUT2D eigenvalue weighted by Crippen LogP contribution is 2.34. The third-order valence-corrected chi connectivity index (χ3v) is 3.54. The Morgan fingerprint density at radius 1 is 1.33 bits per heavy atom. The third-order valence-electron chi connectivity index (χ3n) is 3.54. The van der Waals surface area contributed by atoms with Crippen LogP contribution in [0.4, 0.5) is 0 Å². The number of esters is 1. The number of hydrogen-bond donors (Lipinski definition) is 2. The Labute approximate surface area is 141 Å². The van der Waals surface area contributed by atoms with Crippen molar-refractivity contribution in [3.8, 4) is 5.75 Å². The summed E-state index contributed by atoms with van der Waals surface area (Å²) in [4.78, 5) is 11.8. The number of benzene rings is 1. The molecule has 1 aromatic carbocycles. The molecule has 24 heavy (non-hydrogen) atoms. The summed E-state index contributed by atoms with van der Waals surface area (Å²) in [5, 5.41) is 13.6. The van der Waals surface area contributed by atoms with Crippen molar-refractivity contribution < 1.29 is 23.8 Å². The monoisotopic (exact) mass is 335 g/mol. The molecule has 2 aromatic rings. The van der Waals surface area contributed by atoms with E-state index in [-0.39, 0.29) is 17.9 Å². The summed E-state index contributed by atoms with van der Waals surface area (Å²) in [6, 6.07) is 5.32. The van der Waals surface area contributed by atoms with Crippen molar-refractivity contribution in [1.82, 2.24) is 5.32 Å². The third kappa shape index (κ3) is 4.27. The van der Waals surface area contributed by atoms with Crippen molar-refractivity contribution in [3.05, 3.63) is 29.5 Å². The highest BCUT2D eigenvalue weighted by Gasteiger charge is 2.23. The average Bonchev–Trinajstić information content (AvgIpc) is 2.92. The summed E-state index contributed by atoms with van der Waals surface area (Å²) in [5.74, 6) is -0.0118. The van der Waals surface area contributed by atoms with Crippen LogP contribution < -0.4 is 10.1 Å². The summed E-state index contributed by atoms with van der Waals surface area (Å²) in [7, 11) is 1.27. The molecule has 1 aromatic heterocycles. The smallest absolute Gasteiger partial charge is 0.374 e. The van der Waals surface area contributed by atoms with Crippen molar-refractivity contribution in [3.63, 3.8) is 0 Å². The van der Waals surface area contributed by atoms with Crippen LogP contribution >= 0.6 is 0 Å². The number of aliphatic hydroxyl groups excluding tert-OH is 1. The molecule has 0 fully saturated rings. The van der Waals surface area contributed by atoms with Crippen molar-refractivity contribution in [2.45, 2.75) is 39.3 Å². The lowest BCUT2D eigenvalue weighted by atomic mass is 10.1. The fourth-order valence-electron chi connectivity index (χ4n) is 2.42. The van der Waals surface area contributed by atoms with Crippen LogP contribution in [0.15, 0.2) is 22.6 Å². The topological polar surface area (TPSA) is 80.9 Å². The van der Waals surface area contributed by atoms with Crippen LogP contribution in [-0.2, 0) is 11.3 Å². The summed E-state index contributed by atoms with van der Waals surface area (Å²) < 4.78 is 16.1. The van der Waals surface area contributed by atoms with E-state index in [2.05, 4.69) is 26.1 Å². The van der Waals surface area contributed by atoms with Gasteiger partial charge in [0.1, 0.15) is 11.3 Å². The molecule has 6 heteroatoms. The van der Waals surface area contributed by atoms with E-state index < -0.39 is 5.97 Å². The van der Waals surface area contributed by atoms with Crippen molar-refractivity contribution >= 4 is 16.9 Å². The van der Waals surface area contributed by atoms with Gasteiger partial charge in [0, 0.05) is 11.1 Å². The standard InChI is InChI=1S/C18H25NO5/c1-18(2,3)19-9-6-10-23-13-7-5-8-14-15(13)12(11-20)16(24-14)17(21)22-4/h5,7-8,19-20H,6,9-11H2,1-4H3. The number of carbonyl (C=O) groups excluding carboxylic acids is 1. The number of fused-ring (bicyclic) bond motifs is 1. The highest BCUT2D eigenvalue weighted by atomic mass is 16.5. The molecule has 0 aliphatic rings. The maximum atomic E-state index is 11.8. The zero-order valence-electron chi connectivity index (χ0n) is 14.6. The number of hydrogen-bond acceptors (Lipinski definition) is 6. The van der Waals surface area contributed by atoms with Crippen LogP contribution in [0.3, 0.4) is 0 Å². The second kappa shape index (κ2) is 7.68. The second-order valence-corrected chi connectivity index (χ2v) is 6.57. The van der Waals surface area contributed by atoms with Crippen LogP contribution in [0.25, 0.3) is 11.0 Å². The summed E-state index contributed by atoms with van der Waals surface area (Å²) in [6.07, 6.45) is 0.837. The average molecular weight is 335 g/mol. The van der Waals surface area contributed by atoms with Crippen LogP contribution in [0.5, 0.6) is 5.75 Å². The van der Waals surface area contributed by atoms with Gasteiger partial charge in [-0.15, -0.1) is 0 Å². The predicted molar refractivity (Wildman–Crippen MR) is 91.3 cm³/mol. The lowest BCUT2D eigenvalue weighted by Gasteiger charge is -2.20. The number of methoxy groups -OCH3 is 1. The summed E-state index contributed by atoms with van der Waals surface area (Å²) >= 11 is 0. The van der Waals surface area contributed by atoms with Crippen molar-refractivity contribution in [1.29, 1.82) is 0 Å². The van der Waals surface area contributed by atoms with E-state index in [9.17, 15) is 9.90 Å². The summed E-state index contributed by atoms with van der Waals surface area (Å²) in [6.45, 7) is 7.37. The van der Waals surface area contributed by atoms with Gasteiger partial charge in [0.2, 0.25) is 5.76 Å². The Kier molecular flexibility index (Phi) is 5.85. The zero-order valence-corrected chi connectivity index (χ0v) is 14.6. The van der Waals surface area contributed by atoms with E-state index in [1.54, 1.807) is 18.2 Å². The van der Waals surface area contributed by atoms with Gasteiger partial charge in [-0.25, -0.2) is 4.79 Å². The number of nitrogens with one attached hydrogen (secondary N) is 1. The molecule has 0 unspecified atom stereocenters. The van der Waals surface area contributed by atoms with Gasteiger partial charge in [-0.1, -0.05) is 6.07 Å². The molecule has 0 bridgehead atoms. The van der Waals surface area contributed by atoms with Gasteiger partial charge in [-0.2, -0.15) is 0 Å². The zero-order chi connectivity index (χ0) is 17.7. The number of carbonyl (C=O) groups is 1. The van der Waals surface area contributed by atoms with Gasteiger partial charge in [0.05, 0.1) is 25.7 Å². The van der Waals surface area contributed by atoms with E-state index in [1.807, 2.05) is 0 Å². The van der Waals surface area contributed by atoms with Gasteiger partial charge in [0.15, 0.2) is 0 Å². The fraction of sp³-hybridized carbons (Fsp3) is 0.500. The summed E-state index contributed by atoms with van der Waals surface area (Å²) in [5.41, 5.74) is 0.953. The molecule has 132 valence electrons. The molecular formula is C18H25NO5. The predicted octanol–water partition coefficient (Wildman–Crippen LogP) is 2.87. The lowest BCUT2D eigenvalue weighted by molar-refractivity contribution is 0.0563. The number of aliphatic hydroxyl groups is 1. The van der Waals surface area contributed by atoms with Crippen LogP contribution in [0.1, 0.15) is 43.3 Å². The fourth-order valence-corrected chi connectivity index (χ4v) is 2.42. The Morgan fingerprint density at radius 2 is 2.08 bits per heavy atom. The lowest BCUT2D eigenvalue weighted by Crippen LogP contribution is -2.36. The maximum absolute atomic E-state index is 11.8. The number of ether oxygens (including phenoxy) is 2. The van der Waals surface area contributed by atoms with Gasteiger partial charge in [0.25, 0.3) is 0 Å². The molecular weight excluding hydrogens is 310 g/mol. The van der Waals surface area contributed by atoms with Crippen molar-refractivity contribution in [2.24, 2.45) is 0 Å². The van der Waals surface area contributed by atoms with E-state index >= 15 is 0 Å². The molecule has 6 nitrogen and oxygen atoms in total. The normalized spacial score (nSPS) is 11.7. The minimum absolute atomic E-state index is 0.0143. The molecule has 0 amide bonds. The van der Waals surface area contributed by atoms with Crippen molar-refractivity contribution in [2.75, 3.05) is 20.3 Å². The molecule has 0 aliphatic heterocycles. The quantitative estimate of drug-likeness (QED) is 0.598. The minimum atomic E-state index is -0.615.